The molecule has 0 bridgehead atoms. The highest BCUT2D eigenvalue weighted by atomic mass is 79.9. The summed E-state index contributed by atoms with van der Waals surface area (Å²) >= 11 is 9.84. The quantitative estimate of drug-likeness (QED) is 0.470. The van der Waals surface area contributed by atoms with Crippen LogP contribution in [0.15, 0.2) is 35.1 Å². The number of benzene rings is 1. The third kappa shape index (κ3) is 3.26. The number of ether oxygens (including phenoxy) is 2. The van der Waals surface area contributed by atoms with Gasteiger partial charge in [0.15, 0.2) is 22.8 Å². The minimum Gasteiger partial charge on any atom is -0.364 e. The minimum atomic E-state index is -0.776. The monoisotopic (exact) mass is 546 g/mol. The molecule has 1 aliphatic heterocycles. The number of carbonyl (C=O) groups is 1. The SMILES string of the molecule is CNC(=O)[C@@]12C[C@@H]1[C@@H](n1cnc3c(NCc4cccc(Br)c4)nc(Cl)nc31)[C@@H]1OC(C)(C)O[C@@H]12. The number of aromatic nitrogens is 4. The Morgan fingerprint density at radius 2 is 2.15 bits per heavy atom. The van der Waals surface area contributed by atoms with Crippen molar-refractivity contribution < 1.29 is 14.3 Å². The van der Waals surface area contributed by atoms with Crippen molar-refractivity contribution in [3.8, 4) is 0 Å². The van der Waals surface area contributed by atoms with Gasteiger partial charge in [-0.1, -0.05) is 28.1 Å². The Bertz CT molecular complexity index is 1320. The molecule has 0 radical (unpaired) electrons. The molecule has 2 aliphatic carbocycles. The van der Waals surface area contributed by atoms with E-state index in [4.69, 9.17) is 21.1 Å². The summed E-state index contributed by atoms with van der Waals surface area (Å²) < 4.78 is 15.5. The van der Waals surface area contributed by atoms with Gasteiger partial charge < -0.3 is 24.7 Å². The molecule has 3 fully saturated rings. The zero-order valence-electron chi connectivity index (χ0n) is 18.9. The van der Waals surface area contributed by atoms with E-state index in [1.165, 1.54) is 0 Å². The van der Waals surface area contributed by atoms with Crippen LogP contribution < -0.4 is 10.6 Å². The predicted molar refractivity (Wildman–Crippen MR) is 129 cm³/mol. The van der Waals surface area contributed by atoms with Crippen LogP contribution in [0.25, 0.3) is 11.2 Å². The van der Waals surface area contributed by atoms with Gasteiger partial charge in [-0.3, -0.25) is 4.79 Å². The second-order valence-corrected chi connectivity index (χ2v) is 10.8. The van der Waals surface area contributed by atoms with Gasteiger partial charge >= 0.3 is 0 Å². The van der Waals surface area contributed by atoms with Gasteiger partial charge in [-0.25, -0.2) is 4.98 Å². The highest BCUT2D eigenvalue weighted by Gasteiger charge is 2.79. The molecule has 9 nitrogen and oxygen atoms in total. The van der Waals surface area contributed by atoms with Crippen LogP contribution in [0.1, 0.15) is 31.9 Å². The first-order chi connectivity index (χ1) is 16.2. The average Bonchev–Trinajstić information content (AvgIpc) is 3.11. The van der Waals surface area contributed by atoms with E-state index in [9.17, 15) is 4.79 Å². The van der Waals surface area contributed by atoms with Crippen molar-refractivity contribution in [2.24, 2.45) is 11.3 Å². The average molecular weight is 548 g/mol. The van der Waals surface area contributed by atoms with Gasteiger partial charge in [0.1, 0.15) is 12.2 Å². The summed E-state index contributed by atoms with van der Waals surface area (Å²) in [6.07, 6.45) is 1.84. The number of rotatable bonds is 5. The summed E-state index contributed by atoms with van der Waals surface area (Å²) in [5.74, 6) is -0.171. The lowest BCUT2D eigenvalue weighted by atomic mass is 9.98. The van der Waals surface area contributed by atoms with Crippen molar-refractivity contribution in [3.63, 3.8) is 0 Å². The highest BCUT2D eigenvalue weighted by molar-refractivity contribution is 9.10. The van der Waals surface area contributed by atoms with Gasteiger partial charge in [-0.15, -0.1) is 0 Å². The fourth-order valence-electron chi connectivity index (χ4n) is 5.76. The van der Waals surface area contributed by atoms with Gasteiger partial charge in [-0.05, 0) is 49.6 Å². The van der Waals surface area contributed by atoms with Crippen LogP contribution in [0.3, 0.4) is 0 Å². The van der Waals surface area contributed by atoms with Crippen LogP contribution in [0, 0.1) is 11.3 Å². The summed E-state index contributed by atoms with van der Waals surface area (Å²) in [4.78, 5) is 26.5. The number of fused-ring (bicyclic) bond motifs is 4. The summed E-state index contributed by atoms with van der Waals surface area (Å²) in [7, 11) is 1.67. The Hall–Kier alpha value is -2.27. The molecule has 3 heterocycles. The standard InChI is InChI=1S/C23H24BrClN6O3/c1-22(2)33-16-15(13-8-23(13,17(16)34-22)20(32)26-3)31-10-28-14-18(29-21(25)30-19(14)31)27-9-11-5-4-6-12(24)7-11/h4-7,10,13,15-17H,8-9H2,1-3H3,(H,26,32)(H,27,29,30)/t13-,15-,16+,17+,23+/m1/s1. The number of halogens is 2. The Morgan fingerprint density at radius 1 is 1.32 bits per heavy atom. The van der Waals surface area contributed by atoms with Crippen molar-refractivity contribution in [2.75, 3.05) is 12.4 Å². The number of amides is 1. The maximum atomic E-state index is 12.9. The van der Waals surface area contributed by atoms with Crippen LogP contribution in [0.4, 0.5) is 5.82 Å². The maximum absolute atomic E-state index is 12.9. The number of imidazole rings is 1. The van der Waals surface area contributed by atoms with Crippen molar-refractivity contribution in [2.45, 2.75) is 50.8 Å². The highest BCUT2D eigenvalue weighted by Crippen LogP contribution is 2.71. The minimum absolute atomic E-state index is 0.00948. The van der Waals surface area contributed by atoms with Gasteiger partial charge in [0.2, 0.25) is 11.2 Å². The largest absolute Gasteiger partial charge is 0.364 e. The van der Waals surface area contributed by atoms with Crippen LogP contribution in [-0.4, -0.2) is 50.5 Å². The third-order valence-electron chi connectivity index (χ3n) is 7.16. The number of hydrogen-bond acceptors (Lipinski definition) is 7. The smallest absolute Gasteiger partial charge is 0.229 e. The Morgan fingerprint density at radius 3 is 2.91 bits per heavy atom. The zero-order valence-corrected chi connectivity index (χ0v) is 21.2. The molecule has 6 rings (SSSR count). The lowest BCUT2D eigenvalue weighted by Gasteiger charge is -2.24. The topological polar surface area (TPSA) is 103 Å². The molecule has 178 valence electrons. The third-order valence-corrected chi connectivity index (χ3v) is 7.82. The van der Waals surface area contributed by atoms with Crippen molar-refractivity contribution in [1.29, 1.82) is 0 Å². The van der Waals surface area contributed by atoms with Crippen molar-refractivity contribution in [1.82, 2.24) is 24.8 Å². The molecule has 34 heavy (non-hydrogen) atoms. The molecule has 2 N–H and O–H groups in total. The molecule has 5 atom stereocenters. The first-order valence-corrected chi connectivity index (χ1v) is 12.4. The lowest BCUT2D eigenvalue weighted by Crippen LogP contribution is -2.40. The van der Waals surface area contributed by atoms with E-state index >= 15 is 0 Å². The molecule has 2 aromatic heterocycles. The van der Waals surface area contributed by atoms with Crippen LogP contribution in [0.2, 0.25) is 5.28 Å². The van der Waals surface area contributed by atoms with Gasteiger partial charge in [0, 0.05) is 24.0 Å². The van der Waals surface area contributed by atoms with E-state index in [1.54, 1.807) is 13.4 Å². The Kier molecular flexibility index (Phi) is 4.97. The van der Waals surface area contributed by atoms with Crippen molar-refractivity contribution in [3.05, 3.63) is 45.9 Å². The van der Waals surface area contributed by atoms with Crippen LogP contribution in [-0.2, 0) is 20.8 Å². The lowest BCUT2D eigenvalue weighted by molar-refractivity contribution is -0.164. The van der Waals surface area contributed by atoms with Gasteiger partial charge in [0.05, 0.1) is 17.8 Å². The fraction of sp³-hybridized carbons (Fsp3) is 0.478. The summed E-state index contributed by atoms with van der Waals surface area (Å²) in [6, 6.07) is 7.87. The molecule has 3 aliphatic rings. The van der Waals surface area contributed by atoms with E-state index in [0.29, 0.717) is 23.5 Å². The fourth-order valence-corrected chi connectivity index (χ4v) is 6.37. The van der Waals surface area contributed by atoms with E-state index < -0.39 is 11.2 Å². The second-order valence-electron chi connectivity index (χ2n) is 9.59. The first-order valence-electron chi connectivity index (χ1n) is 11.2. The predicted octanol–water partition coefficient (Wildman–Crippen LogP) is 3.68. The molecule has 1 amide bonds. The van der Waals surface area contributed by atoms with E-state index in [2.05, 4.69) is 41.5 Å². The molecule has 0 unspecified atom stereocenters. The van der Waals surface area contributed by atoms with E-state index in [0.717, 1.165) is 16.5 Å². The Labute approximate surface area is 209 Å². The zero-order chi connectivity index (χ0) is 23.8. The van der Waals surface area contributed by atoms with Crippen molar-refractivity contribution >= 4 is 50.4 Å². The number of anilines is 1. The molecule has 1 saturated heterocycles. The number of nitrogens with one attached hydrogen (secondary N) is 2. The molecule has 3 aromatic rings. The first kappa shape index (κ1) is 22.2. The molecule has 1 aromatic carbocycles. The van der Waals surface area contributed by atoms with E-state index in [-0.39, 0.29) is 35.4 Å². The molecular formula is C23H24BrClN6O3. The molecular weight excluding hydrogens is 524 g/mol. The summed E-state index contributed by atoms with van der Waals surface area (Å²) in [5.41, 5.74) is 1.70. The number of nitrogens with zero attached hydrogens (tertiary/aromatic N) is 4. The summed E-state index contributed by atoms with van der Waals surface area (Å²) in [6.45, 7) is 4.31. The van der Waals surface area contributed by atoms with Gasteiger partial charge in [-0.2, -0.15) is 9.97 Å². The maximum Gasteiger partial charge on any atom is 0.229 e. The normalized spacial score (nSPS) is 30.7. The van der Waals surface area contributed by atoms with E-state index in [1.807, 2.05) is 42.7 Å². The number of carbonyl (C=O) groups excluding carboxylic acids is 1. The summed E-state index contributed by atoms with van der Waals surface area (Å²) in [5, 5.41) is 6.29. The van der Waals surface area contributed by atoms with Gasteiger partial charge in [0.25, 0.3) is 0 Å². The molecule has 0 spiro atoms. The second kappa shape index (κ2) is 7.61. The molecule has 11 heteroatoms. The Balaban J connectivity index is 1.37. The van der Waals surface area contributed by atoms with Crippen LogP contribution in [0.5, 0.6) is 0 Å². The van der Waals surface area contributed by atoms with Crippen LogP contribution >= 0.6 is 27.5 Å². The molecule has 2 saturated carbocycles. The number of hydrogen-bond donors (Lipinski definition) is 2.